The third-order valence-corrected chi connectivity index (χ3v) is 5.61. The molecule has 1 aromatic heterocycles. The van der Waals surface area contributed by atoms with Crippen molar-refractivity contribution < 1.29 is 14.3 Å². The zero-order valence-electron chi connectivity index (χ0n) is 13.2. The zero-order valence-corrected chi connectivity index (χ0v) is 14.0. The Kier molecular flexibility index (Phi) is 4.82. The molecule has 1 aromatic rings. The molecule has 0 aliphatic carbocycles. The Labute approximate surface area is 139 Å². The summed E-state index contributed by atoms with van der Waals surface area (Å²) in [7, 11) is 1.65. The molecule has 3 amide bonds. The Morgan fingerprint density at radius 3 is 3.17 bits per heavy atom. The average molecular weight is 338 g/mol. The van der Waals surface area contributed by atoms with E-state index in [1.165, 1.54) is 11.5 Å². The Bertz CT molecular complexity index is 565. The fourth-order valence-corrected chi connectivity index (χ4v) is 4.07. The van der Waals surface area contributed by atoms with E-state index >= 15 is 0 Å². The molecule has 23 heavy (non-hydrogen) atoms. The number of nitrogens with one attached hydrogen (secondary N) is 2. The first-order chi connectivity index (χ1) is 11.2. The summed E-state index contributed by atoms with van der Waals surface area (Å²) in [5, 5.41) is 5.70. The summed E-state index contributed by atoms with van der Waals surface area (Å²) in [6.45, 7) is 2.72. The minimum absolute atomic E-state index is 0.0192. The number of fused-ring (bicyclic) bond motifs is 1. The number of urea groups is 1. The highest BCUT2D eigenvalue weighted by molar-refractivity contribution is 7.05. The highest BCUT2D eigenvalue weighted by Gasteiger charge is 2.54. The average Bonchev–Trinajstić information content (AvgIpc) is 3.21. The van der Waals surface area contributed by atoms with E-state index in [2.05, 4.69) is 15.0 Å². The van der Waals surface area contributed by atoms with Crippen molar-refractivity contribution in [2.45, 2.75) is 12.8 Å². The van der Waals surface area contributed by atoms with Crippen LogP contribution in [0.2, 0.25) is 0 Å². The van der Waals surface area contributed by atoms with Crippen LogP contribution in [0, 0.1) is 11.3 Å². The van der Waals surface area contributed by atoms with Gasteiger partial charge in [0.15, 0.2) is 0 Å². The van der Waals surface area contributed by atoms with E-state index in [1.54, 1.807) is 18.1 Å². The van der Waals surface area contributed by atoms with Crippen LogP contribution in [0.5, 0.6) is 0 Å². The molecule has 2 aliphatic rings. The molecular weight excluding hydrogens is 316 g/mol. The van der Waals surface area contributed by atoms with Gasteiger partial charge in [0.2, 0.25) is 5.91 Å². The van der Waals surface area contributed by atoms with Gasteiger partial charge in [-0.05, 0) is 24.0 Å². The fraction of sp³-hybridized carbons (Fsp3) is 0.667. The largest absolute Gasteiger partial charge is 0.381 e. The van der Waals surface area contributed by atoms with Gasteiger partial charge in [-0.15, -0.1) is 0 Å². The van der Waals surface area contributed by atoms with E-state index in [0.29, 0.717) is 39.3 Å². The smallest absolute Gasteiger partial charge is 0.317 e. The third kappa shape index (κ3) is 3.18. The predicted octanol–water partition coefficient (Wildman–Crippen LogP) is 0.480. The molecule has 2 saturated heterocycles. The van der Waals surface area contributed by atoms with Crippen LogP contribution < -0.4 is 10.6 Å². The fourth-order valence-electron chi connectivity index (χ4n) is 3.50. The lowest BCUT2D eigenvalue weighted by Gasteiger charge is -2.36. The molecule has 2 fully saturated rings. The monoisotopic (exact) mass is 338 g/mol. The molecule has 8 heteroatoms. The summed E-state index contributed by atoms with van der Waals surface area (Å²) in [6, 6.07) is 1.85. The number of hydrogen-bond donors (Lipinski definition) is 2. The van der Waals surface area contributed by atoms with Crippen molar-refractivity contribution in [3.63, 3.8) is 0 Å². The molecular formula is C15H22N4O3S. The van der Waals surface area contributed by atoms with Crippen molar-refractivity contribution in [1.82, 2.24) is 19.9 Å². The first kappa shape index (κ1) is 16.2. The molecule has 3 heterocycles. The quantitative estimate of drug-likeness (QED) is 0.836. The maximum absolute atomic E-state index is 12.4. The molecule has 126 valence electrons. The maximum atomic E-state index is 12.4. The van der Waals surface area contributed by atoms with Crippen LogP contribution in [0.15, 0.2) is 12.3 Å². The van der Waals surface area contributed by atoms with Gasteiger partial charge in [0.25, 0.3) is 0 Å². The van der Waals surface area contributed by atoms with Crippen molar-refractivity contribution in [1.29, 1.82) is 0 Å². The van der Waals surface area contributed by atoms with Gasteiger partial charge in [0.05, 0.1) is 12.0 Å². The number of carbonyl (C=O) groups is 2. The van der Waals surface area contributed by atoms with Crippen LogP contribution in [0.4, 0.5) is 4.79 Å². The SMILES string of the molecule is CNC(=O)[C@@]12CCOC[C@@H]1CN(C(=O)NCCc1ccns1)C2. The zero-order chi connectivity index (χ0) is 16.3. The summed E-state index contributed by atoms with van der Waals surface area (Å²) in [6.07, 6.45) is 3.21. The lowest BCUT2D eigenvalue weighted by molar-refractivity contribution is -0.138. The van der Waals surface area contributed by atoms with Gasteiger partial charge in [0, 0.05) is 56.7 Å². The van der Waals surface area contributed by atoms with Crippen molar-refractivity contribution >= 4 is 23.5 Å². The lowest BCUT2D eigenvalue weighted by Crippen LogP contribution is -2.50. The van der Waals surface area contributed by atoms with E-state index in [1.807, 2.05) is 6.07 Å². The minimum Gasteiger partial charge on any atom is -0.381 e. The summed E-state index contributed by atoms with van der Waals surface area (Å²) in [4.78, 5) is 27.7. The minimum atomic E-state index is -0.498. The molecule has 2 N–H and O–H groups in total. The van der Waals surface area contributed by atoms with E-state index in [9.17, 15) is 9.59 Å². The summed E-state index contributed by atoms with van der Waals surface area (Å²) in [5.74, 6) is 0.0919. The van der Waals surface area contributed by atoms with Crippen LogP contribution in [-0.4, -0.2) is 61.1 Å². The first-order valence-corrected chi connectivity index (χ1v) is 8.65. The van der Waals surface area contributed by atoms with E-state index < -0.39 is 5.41 Å². The molecule has 2 atom stereocenters. The second-order valence-corrected chi connectivity index (χ2v) is 7.02. The molecule has 0 radical (unpaired) electrons. The number of carbonyl (C=O) groups excluding carboxylic acids is 2. The topological polar surface area (TPSA) is 83.6 Å². The second kappa shape index (κ2) is 6.84. The highest BCUT2D eigenvalue weighted by Crippen LogP contribution is 2.42. The van der Waals surface area contributed by atoms with Crippen molar-refractivity contribution in [2.75, 3.05) is 39.9 Å². The number of amides is 3. The molecule has 0 spiro atoms. The van der Waals surface area contributed by atoms with Gasteiger partial charge >= 0.3 is 6.03 Å². The maximum Gasteiger partial charge on any atom is 0.317 e. The molecule has 0 unspecified atom stereocenters. The standard InChI is InChI=1S/C15H22N4O3S/c1-16-13(20)15-4-7-22-9-11(15)8-19(10-15)14(21)17-5-2-12-3-6-18-23-12/h3,6,11H,2,4-5,7-10H2,1H3,(H,16,20)(H,17,21)/t11-,15+/m0/s1. The summed E-state index contributed by atoms with van der Waals surface area (Å²) >= 11 is 1.45. The Hall–Kier alpha value is -1.67. The number of rotatable bonds is 4. The summed E-state index contributed by atoms with van der Waals surface area (Å²) < 4.78 is 9.56. The molecule has 2 aliphatic heterocycles. The number of nitrogens with zero attached hydrogens (tertiary/aromatic N) is 2. The number of likely N-dealkylation sites (tertiary alicyclic amines) is 1. The van der Waals surface area contributed by atoms with Crippen molar-refractivity contribution in [2.24, 2.45) is 11.3 Å². The molecule has 0 aromatic carbocycles. The molecule has 7 nitrogen and oxygen atoms in total. The lowest BCUT2D eigenvalue weighted by atomic mass is 9.73. The highest BCUT2D eigenvalue weighted by atomic mass is 32.1. The Morgan fingerprint density at radius 2 is 2.43 bits per heavy atom. The van der Waals surface area contributed by atoms with Crippen molar-refractivity contribution in [3.8, 4) is 0 Å². The van der Waals surface area contributed by atoms with Crippen LogP contribution in [-0.2, 0) is 16.0 Å². The molecule has 0 bridgehead atoms. The van der Waals surface area contributed by atoms with E-state index in [-0.39, 0.29) is 17.9 Å². The third-order valence-electron chi connectivity index (χ3n) is 4.81. The Morgan fingerprint density at radius 1 is 1.57 bits per heavy atom. The Balaban J connectivity index is 1.58. The van der Waals surface area contributed by atoms with Gasteiger partial charge < -0.3 is 20.3 Å². The van der Waals surface area contributed by atoms with E-state index in [0.717, 1.165) is 11.3 Å². The molecule has 0 saturated carbocycles. The van der Waals surface area contributed by atoms with E-state index in [4.69, 9.17) is 4.74 Å². The van der Waals surface area contributed by atoms with Gasteiger partial charge in [-0.3, -0.25) is 4.79 Å². The van der Waals surface area contributed by atoms with Gasteiger partial charge in [0.1, 0.15) is 0 Å². The van der Waals surface area contributed by atoms with Crippen LogP contribution in [0.1, 0.15) is 11.3 Å². The number of ether oxygens (including phenoxy) is 1. The van der Waals surface area contributed by atoms with Crippen molar-refractivity contribution in [3.05, 3.63) is 17.1 Å². The first-order valence-electron chi connectivity index (χ1n) is 7.88. The van der Waals surface area contributed by atoms with Gasteiger partial charge in [-0.2, -0.15) is 0 Å². The molecule has 3 rings (SSSR count). The van der Waals surface area contributed by atoms with Gasteiger partial charge in [-0.25, -0.2) is 9.17 Å². The number of hydrogen-bond acceptors (Lipinski definition) is 5. The van der Waals surface area contributed by atoms with Crippen LogP contribution in [0.25, 0.3) is 0 Å². The summed E-state index contributed by atoms with van der Waals surface area (Å²) in [5.41, 5.74) is -0.498. The van der Waals surface area contributed by atoms with Crippen LogP contribution in [0.3, 0.4) is 0 Å². The normalized spacial score (nSPS) is 26.7. The predicted molar refractivity (Wildman–Crippen MR) is 86.2 cm³/mol. The number of aromatic nitrogens is 1. The second-order valence-electron chi connectivity index (χ2n) is 6.10. The van der Waals surface area contributed by atoms with Gasteiger partial charge in [-0.1, -0.05) is 0 Å². The van der Waals surface area contributed by atoms with Crippen LogP contribution >= 0.6 is 11.5 Å².